The predicted molar refractivity (Wildman–Crippen MR) is 93.1 cm³/mol. The van der Waals surface area contributed by atoms with E-state index in [1.165, 1.54) is 4.90 Å². The molecular formula is C20H21NO4. The first-order valence-corrected chi connectivity index (χ1v) is 8.30. The molecule has 3 rings (SSSR count). The molecule has 5 nitrogen and oxygen atoms in total. The Morgan fingerprint density at radius 2 is 1.92 bits per heavy atom. The second-order valence-electron chi connectivity index (χ2n) is 6.01. The Morgan fingerprint density at radius 1 is 1.16 bits per heavy atom. The number of esters is 1. The maximum absolute atomic E-state index is 12.6. The summed E-state index contributed by atoms with van der Waals surface area (Å²) in [4.78, 5) is 26.1. The number of nitrogens with zero attached hydrogens (tertiary/aromatic N) is 1. The van der Waals surface area contributed by atoms with Gasteiger partial charge in [-0.05, 0) is 29.7 Å². The Morgan fingerprint density at radius 3 is 2.68 bits per heavy atom. The summed E-state index contributed by atoms with van der Waals surface area (Å²) in [6, 6.07) is 16.8. The van der Waals surface area contributed by atoms with Crippen LogP contribution in [0.4, 0.5) is 0 Å². The number of methoxy groups -OCH3 is 1. The highest BCUT2D eigenvalue weighted by atomic mass is 16.6. The fraction of sp³-hybridized carbons (Fsp3) is 0.300. The Labute approximate surface area is 147 Å². The van der Waals surface area contributed by atoms with E-state index < -0.39 is 6.04 Å². The number of amides is 1. The molecule has 0 bridgehead atoms. The van der Waals surface area contributed by atoms with Crippen molar-refractivity contribution in [2.75, 3.05) is 13.8 Å². The van der Waals surface area contributed by atoms with E-state index in [-0.39, 0.29) is 18.6 Å². The molecule has 1 unspecified atom stereocenters. The zero-order chi connectivity index (χ0) is 17.6. The maximum Gasteiger partial charge on any atom is 0.331 e. The first kappa shape index (κ1) is 17.0. The third kappa shape index (κ3) is 4.18. The fourth-order valence-corrected chi connectivity index (χ4v) is 2.95. The SMILES string of the molecule is COc1cccc(CCC(=O)N2COC(=O)C2Cc2ccccc2)c1. The molecule has 0 aromatic heterocycles. The maximum atomic E-state index is 12.6. The van der Waals surface area contributed by atoms with Crippen LogP contribution in [0.2, 0.25) is 0 Å². The highest BCUT2D eigenvalue weighted by molar-refractivity contribution is 5.87. The van der Waals surface area contributed by atoms with Crippen LogP contribution < -0.4 is 4.74 Å². The van der Waals surface area contributed by atoms with Crippen molar-refractivity contribution in [3.05, 3.63) is 65.7 Å². The highest BCUT2D eigenvalue weighted by Crippen LogP contribution is 2.19. The second-order valence-corrected chi connectivity index (χ2v) is 6.01. The van der Waals surface area contributed by atoms with Crippen molar-refractivity contribution in [2.24, 2.45) is 0 Å². The lowest BCUT2D eigenvalue weighted by atomic mass is 10.0. The van der Waals surface area contributed by atoms with E-state index in [2.05, 4.69) is 0 Å². The van der Waals surface area contributed by atoms with Gasteiger partial charge in [-0.15, -0.1) is 0 Å². The molecule has 0 radical (unpaired) electrons. The Bertz CT molecular complexity index is 744. The molecule has 1 heterocycles. The van der Waals surface area contributed by atoms with Crippen molar-refractivity contribution >= 4 is 11.9 Å². The molecule has 0 aliphatic carbocycles. The number of cyclic esters (lactones) is 1. The highest BCUT2D eigenvalue weighted by Gasteiger charge is 2.37. The summed E-state index contributed by atoms with van der Waals surface area (Å²) in [6.07, 6.45) is 1.40. The molecule has 5 heteroatoms. The van der Waals surface area contributed by atoms with E-state index in [1.54, 1.807) is 7.11 Å². The van der Waals surface area contributed by atoms with Gasteiger partial charge < -0.3 is 9.47 Å². The largest absolute Gasteiger partial charge is 0.497 e. The summed E-state index contributed by atoms with van der Waals surface area (Å²) in [5, 5.41) is 0. The van der Waals surface area contributed by atoms with Gasteiger partial charge in [0.2, 0.25) is 5.91 Å². The quantitative estimate of drug-likeness (QED) is 0.759. The normalized spacial score (nSPS) is 16.6. The van der Waals surface area contributed by atoms with Gasteiger partial charge in [-0.1, -0.05) is 42.5 Å². The molecule has 2 aromatic rings. The van der Waals surface area contributed by atoms with Gasteiger partial charge >= 0.3 is 5.97 Å². The Hall–Kier alpha value is -2.82. The monoisotopic (exact) mass is 339 g/mol. The van der Waals surface area contributed by atoms with E-state index in [1.807, 2.05) is 54.6 Å². The molecule has 1 aliphatic heterocycles. The number of benzene rings is 2. The molecule has 130 valence electrons. The van der Waals surface area contributed by atoms with Crippen molar-refractivity contribution in [2.45, 2.75) is 25.3 Å². The molecule has 25 heavy (non-hydrogen) atoms. The summed E-state index contributed by atoms with van der Waals surface area (Å²) in [6.45, 7) is 0.0350. The molecule has 1 aliphatic rings. The van der Waals surface area contributed by atoms with Crippen LogP contribution in [0.1, 0.15) is 17.5 Å². The molecule has 1 atom stereocenters. The van der Waals surface area contributed by atoms with Crippen LogP contribution in [0.25, 0.3) is 0 Å². The topological polar surface area (TPSA) is 55.8 Å². The van der Waals surface area contributed by atoms with Crippen molar-refractivity contribution < 1.29 is 19.1 Å². The minimum absolute atomic E-state index is 0.0350. The van der Waals surface area contributed by atoms with Crippen LogP contribution in [0.15, 0.2) is 54.6 Å². The fourth-order valence-electron chi connectivity index (χ4n) is 2.95. The van der Waals surface area contributed by atoms with Crippen LogP contribution in [0, 0.1) is 0 Å². The lowest BCUT2D eigenvalue weighted by Crippen LogP contribution is -2.39. The summed E-state index contributed by atoms with van der Waals surface area (Å²) >= 11 is 0. The van der Waals surface area contributed by atoms with Gasteiger partial charge in [0.05, 0.1) is 7.11 Å². The number of aryl methyl sites for hydroxylation is 1. The van der Waals surface area contributed by atoms with Crippen molar-refractivity contribution in [1.82, 2.24) is 4.90 Å². The number of hydrogen-bond donors (Lipinski definition) is 0. The van der Waals surface area contributed by atoms with Gasteiger partial charge in [0.1, 0.15) is 11.8 Å². The first-order valence-electron chi connectivity index (χ1n) is 8.30. The molecule has 2 aromatic carbocycles. The van der Waals surface area contributed by atoms with Gasteiger partial charge in [0.15, 0.2) is 6.73 Å². The van der Waals surface area contributed by atoms with Crippen LogP contribution >= 0.6 is 0 Å². The molecule has 1 saturated heterocycles. The lowest BCUT2D eigenvalue weighted by Gasteiger charge is -2.20. The van der Waals surface area contributed by atoms with Crippen molar-refractivity contribution in [3.8, 4) is 5.75 Å². The van der Waals surface area contributed by atoms with E-state index in [0.717, 1.165) is 16.9 Å². The summed E-state index contributed by atoms with van der Waals surface area (Å²) in [7, 11) is 1.62. The van der Waals surface area contributed by atoms with Crippen molar-refractivity contribution in [1.29, 1.82) is 0 Å². The van der Waals surface area contributed by atoms with Crippen molar-refractivity contribution in [3.63, 3.8) is 0 Å². The minimum atomic E-state index is -0.541. The number of ether oxygens (including phenoxy) is 2. The Kier molecular flexibility index (Phi) is 5.33. The first-order chi connectivity index (χ1) is 12.2. The molecule has 1 amide bonds. The van der Waals surface area contributed by atoms with E-state index in [4.69, 9.17) is 9.47 Å². The summed E-state index contributed by atoms with van der Waals surface area (Å²) < 4.78 is 10.3. The van der Waals surface area contributed by atoms with Gasteiger partial charge in [-0.2, -0.15) is 0 Å². The average Bonchev–Trinajstić information content (AvgIpc) is 3.01. The Balaban J connectivity index is 1.62. The molecule has 0 saturated carbocycles. The number of hydrogen-bond acceptors (Lipinski definition) is 4. The van der Waals surface area contributed by atoms with E-state index in [0.29, 0.717) is 19.3 Å². The van der Waals surface area contributed by atoms with Crippen LogP contribution in [0.5, 0.6) is 5.75 Å². The van der Waals surface area contributed by atoms with Gasteiger partial charge in [0, 0.05) is 12.8 Å². The lowest BCUT2D eigenvalue weighted by molar-refractivity contribution is -0.139. The van der Waals surface area contributed by atoms with Gasteiger partial charge in [-0.3, -0.25) is 9.69 Å². The second kappa shape index (κ2) is 7.83. The predicted octanol–water partition coefficient (Wildman–Crippen LogP) is 2.58. The zero-order valence-corrected chi connectivity index (χ0v) is 14.2. The smallest absolute Gasteiger partial charge is 0.331 e. The third-order valence-corrected chi connectivity index (χ3v) is 4.35. The summed E-state index contributed by atoms with van der Waals surface area (Å²) in [5.74, 6) is 0.361. The number of carbonyl (C=O) groups excluding carboxylic acids is 2. The summed E-state index contributed by atoms with van der Waals surface area (Å²) in [5.41, 5.74) is 2.04. The third-order valence-electron chi connectivity index (χ3n) is 4.35. The molecule has 1 fully saturated rings. The number of rotatable bonds is 6. The van der Waals surface area contributed by atoms with Gasteiger partial charge in [0.25, 0.3) is 0 Å². The van der Waals surface area contributed by atoms with Crippen LogP contribution in [-0.4, -0.2) is 36.7 Å². The molecular weight excluding hydrogens is 318 g/mol. The van der Waals surface area contributed by atoms with E-state index in [9.17, 15) is 9.59 Å². The molecule has 0 spiro atoms. The number of carbonyl (C=O) groups is 2. The van der Waals surface area contributed by atoms with E-state index >= 15 is 0 Å². The zero-order valence-electron chi connectivity index (χ0n) is 14.2. The minimum Gasteiger partial charge on any atom is -0.497 e. The van der Waals surface area contributed by atoms with Gasteiger partial charge in [-0.25, -0.2) is 4.79 Å². The standard InChI is InChI=1S/C20H21NO4/c1-24-17-9-5-8-16(12-17)10-11-19(22)21-14-25-20(23)18(21)13-15-6-3-2-4-7-15/h2-9,12,18H,10-11,13-14H2,1H3. The van der Waals surface area contributed by atoms with Crippen LogP contribution in [0.3, 0.4) is 0 Å². The average molecular weight is 339 g/mol. The molecule has 0 N–H and O–H groups in total. The van der Waals surface area contributed by atoms with Crippen LogP contribution in [-0.2, 0) is 27.2 Å².